The number of nitrogens with two attached hydrogens (primary N) is 2. The summed E-state index contributed by atoms with van der Waals surface area (Å²) in [4.78, 5) is 0. The molecule has 4 heteroatoms. The molecule has 0 spiro atoms. The molecule has 94 valence electrons. The van der Waals surface area contributed by atoms with Crippen molar-refractivity contribution < 1.29 is 0 Å². The van der Waals surface area contributed by atoms with Crippen molar-refractivity contribution in [2.75, 3.05) is 11.5 Å². The van der Waals surface area contributed by atoms with Crippen molar-refractivity contribution in [3.8, 4) is 11.1 Å². The van der Waals surface area contributed by atoms with Crippen LogP contribution in [0.1, 0.15) is 11.1 Å². The maximum absolute atomic E-state index is 6.10. The molecule has 18 heavy (non-hydrogen) atoms. The Morgan fingerprint density at radius 3 is 1.33 bits per heavy atom. The highest BCUT2D eigenvalue weighted by Gasteiger charge is 2.08. The lowest BCUT2D eigenvalue weighted by molar-refractivity contribution is 1.44. The Balaban J connectivity index is 2.63. The predicted octanol–water partition coefficient (Wildman–Crippen LogP) is 4.44. The summed E-state index contributed by atoms with van der Waals surface area (Å²) in [5.74, 6) is 0. The van der Waals surface area contributed by atoms with Crippen LogP contribution in [0.4, 0.5) is 11.4 Å². The molecule has 2 rings (SSSR count). The summed E-state index contributed by atoms with van der Waals surface area (Å²) in [5, 5.41) is 1.10. The van der Waals surface area contributed by atoms with Gasteiger partial charge in [-0.15, -0.1) is 0 Å². The van der Waals surface area contributed by atoms with Crippen LogP contribution in [-0.4, -0.2) is 0 Å². The average Bonchev–Trinajstić information content (AvgIpc) is 2.31. The molecule has 0 aliphatic rings. The summed E-state index contributed by atoms with van der Waals surface area (Å²) < 4.78 is 0. The van der Waals surface area contributed by atoms with Crippen molar-refractivity contribution in [3.63, 3.8) is 0 Å². The summed E-state index contributed by atoms with van der Waals surface area (Å²) in [7, 11) is 0. The highest BCUT2D eigenvalue weighted by molar-refractivity contribution is 6.34. The van der Waals surface area contributed by atoms with E-state index >= 15 is 0 Å². The summed E-state index contributed by atoms with van der Waals surface area (Å²) in [6.45, 7) is 3.85. The standard InChI is InChI=1S/C14H14Cl2N2/c1-7-3-9(5-11(15)13(7)17)10-4-8(2)14(18)12(16)6-10/h3-6H,17-18H2,1-2H3. The highest BCUT2D eigenvalue weighted by Crippen LogP contribution is 2.34. The van der Waals surface area contributed by atoms with Crippen molar-refractivity contribution in [3.05, 3.63) is 45.4 Å². The van der Waals surface area contributed by atoms with Gasteiger partial charge >= 0.3 is 0 Å². The number of nitrogen functional groups attached to an aromatic ring is 2. The Hall–Kier alpha value is -1.38. The van der Waals surface area contributed by atoms with E-state index in [0.717, 1.165) is 22.3 Å². The van der Waals surface area contributed by atoms with E-state index in [0.29, 0.717) is 21.4 Å². The first-order valence-corrected chi connectivity index (χ1v) is 6.27. The summed E-state index contributed by atoms with van der Waals surface area (Å²) in [6, 6.07) is 7.65. The molecular weight excluding hydrogens is 267 g/mol. The number of anilines is 2. The van der Waals surface area contributed by atoms with Gasteiger partial charge in [-0.1, -0.05) is 23.2 Å². The molecule has 0 radical (unpaired) electrons. The molecule has 0 amide bonds. The van der Waals surface area contributed by atoms with E-state index in [2.05, 4.69) is 0 Å². The van der Waals surface area contributed by atoms with Crippen LogP contribution in [0.3, 0.4) is 0 Å². The van der Waals surface area contributed by atoms with Crippen LogP contribution in [0, 0.1) is 13.8 Å². The van der Waals surface area contributed by atoms with Gasteiger partial charge in [0.25, 0.3) is 0 Å². The average molecular weight is 281 g/mol. The Morgan fingerprint density at radius 1 is 0.722 bits per heavy atom. The van der Waals surface area contributed by atoms with Crippen molar-refractivity contribution in [2.24, 2.45) is 0 Å². The molecule has 0 saturated heterocycles. The van der Waals surface area contributed by atoms with Crippen LogP contribution in [0.5, 0.6) is 0 Å². The maximum atomic E-state index is 6.10. The van der Waals surface area contributed by atoms with Crippen molar-refractivity contribution in [1.29, 1.82) is 0 Å². The van der Waals surface area contributed by atoms with Crippen LogP contribution in [0.15, 0.2) is 24.3 Å². The Bertz CT molecular complexity index is 520. The number of hydrogen-bond acceptors (Lipinski definition) is 2. The van der Waals surface area contributed by atoms with Gasteiger partial charge in [-0.05, 0) is 60.4 Å². The Morgan fingerprint density at radius 2 is 1.06 bits per heavy atom. The second kappa shape index (κ2) is 4.71. The molecule has 4 N–H and O–H groups in total. The molecule has 0 aliphatic heterocycles. The van der Waals surface area contributed by atoms with Gasteiger partial charge in [0.05, 0.1) is 21.4 Å². The fraction of sp³-hybridized carbons (Fsp3) is 0.143. The van der Waals surface area contributed by atoms with Crippen LogP contribution in [-0.2, 0) is 0 Å². The van der Waals surface area contributed by atoms with Gasteiger partial charge in [0.1, 0.15) is 0 Å². The smallest absolute Gasteiger partial charge is 0.0644 e. The fourth-order valence-corrected chi connectivity index (χ4v) is 2.38. The normalized spacial score (nSPS) is 10.7. The van der Waals surface area contributed by atoms with Gasteiger partial charge < -0.3 is 11.5 Å². The monoisotopic (exact) mass is 280 g/mol. The molecule has 2 aromatic carbocycles. The van der Waals surface area contributed by atoms with E-state index in [1.807, 2.05) is 38.1 Å². The van der Waals surface area contributed by atoms with Gasteiger partial charge in [-0.3, -0.25) is 0 Å². The molecule has 0 atom stereocenters. The second-order valence-corrected chi connectivity index (χ2v) is 5.19. The van der Waals surface area contributed by atoms with E-state index in [-0.39, 0.29) is 0 Å². The van der Waals surface area contributed by atoms with E-state index in [1.54, 1.807) is 0 Å². The number of rotatable bonds is 1. The molecule has 0 fully saturated rings. The molecule has 0 saturated carbocycles. The third kappa shape index (κ3) is 2.26. The van der Waals surface area contributed by atoms with E-state index in [1.165, 1.54) is 0 Å². The second-order valence-electron chi connectivity index (χ2n) is 4.38. The SMILES string of the molecule is Cc1cc(-c2cc(C)c(N)c(Cl)c2)cc(Cl)c1N. The first-order valence-electron chi connectivity index (χ1n) is 5.51. The first-order chi connectivity index (χ1) is 8.40. The fourth-order valence-electron chi connectivity index (χ4n) is 1.84. The Labute approximate surface area is 117 Å². The lowest BCUT2D eigenvalue weighted by Gasteiger charge is -2.11. The zero-order chi connectivity index (χ0) is 13.4. The van der Waals surface area contributed by atoms with Crippen LogP contribution < -0.4 is 11.5 Å². The minimum atomic E-state index is 0.551. The minimum Gasteiger partial charge on any atom is -0.397 e. The van der Waals surface area contributed by atoms with Gasteiger partial charge in [0.15, 0.2) is 0 Å². The molecule has 2 aromatic rings. The quantitative estimate of drug-likeness (QED) is 0.759. The third-order valence-electron chi connectivity index (χ3n) is 3.01. The van der Waals surface area contributed by atoms with Gasteiger partial charge in [0, 0.05) is 0 Å². The van der Waals surface area contributed by atoms with Crippen LogP contribution in [0.2, 0.25) is 10.0 Å². The zero-order valence-corrected chi connectivity index (χ0v) is 11.7. The highest BCUT2D eigenvalue weighted by atomic mass is 35.5. The van der Waals surface area contributed by atoms with Crippen molar-refractivity contribution in [2.45, 2.75) is 13.8 Å². The van der Waals surface area contributed by atoms with Crippen LogP contribution >= 0.6 is 23.2 Å². The number of benzene rings is 2. The first kappa shape index (κ1) is 13.1. The molecule has 0 unspecified atom stereocenters. The molecule has 0 bridgehead atoms. The Kier molecular flexibility index (Phi) is 3.42. The van der Waals surface area contributed by atoms with Gasteiger partial charge in [0.2, 0.25) is 0 Å². The maximum Gasteiger partial charge on any atom is 0.0644 e. The van der Waals surface area contributed by atoms with Crippen LogP contribution in [0.25, 0.3) is 11.1 Å². The molecule has 2 nitrogen and oxygen atoms in total. The third-order valence-corrected chi connectivity index (χ3v) is 3.63. The summed E-state index contributed by atoms with van der Waals surface area (Å²) in [6.07, 6.45) is 0. The lowest BCUT2D eigenvalue weighted by atomic mass is 10.00. The molecule has 0 aromatic heterocycles. The summed E-state index contributed by atoms with van der Waals surface area (Å²) >= 11 is 12.2. The van der Waals surface area contributed by atoms with E-state index in [4.69, 9.17) is 34.7 Å². The van der Waals surface area contributed by atoms with Gasteiger partial charge in [-0.25, -0.2) is 0 Å². The number of hydrogen-bond donors (Lipinski definition) is 2. The molecule has 0 aliphatic carbocycles. The topological polar surface area (TPSA) is 52.0 Å². The molecule has 0 heterocycles. The lowest BCUT2D eigenvalue weighted by Crippen LogP contribution is -1.94. The number of aryl methyl sites for hydroxylation is 2. The van der Waals surface area contributed by atoms with E-state index in [9.17, 15) is 0 Å². The summed E-state index contributed by atoms with van der Waals surface area (Å²) in [5.41, 5.74) is 16.7. The van der Waals surface area contributed by atoms with Gasteiger partial charge in [-0.2, -0.15) is 0 Å². The zero-order valence-electron chi connectivity index (χ0n) is 10.2. The van der Waals surface area contributed by atoms with Crippen molar-refractivity contribution in [1.82, 2.24) is 0 Å². The number of halogens is 2. The molecular formula is C14H14Cl2N2. The van der Waals surface area contributed by atoms with E-state index < -0.39 is 0 Å². The predicted molar refractivity (Wildman–Crippen MR) is 80.2 cm³/mol. The van der Waals surface area contributed by atoms with Crippen molar-refractivity contribution >= 4 is 34.6 Å². The largest absolute Gasteiger partial charge is 0.397 e. The minimum absolute atomic E-state index is 0.551.